The molecule has 0 aliphatic carbocycles. The Hall–Kier alpha value is -1.91. The van der Waals surface area contributed by atoms with Gasteiger partial charge in [0, 0.05) is 50.4 Å². The average Bonchev–Trinajstić information content (AvgIpc) is 3.41. The van der Waals surface area contributed by atoms with Crippen LogP contribution in [0.3, 0.4) is 0 Å². The van der Waals surface area contributed by atoms with Crippen LogP contribution in [0.5, 0.6) is 0 Å². The second-order valence-electron chi connectivity index (χ2n) is 7.74. The fourth-order valence-electron chi connectivity index (χ4n) is 3.86. The van der Waals surface area contributed by atoms with Gasteiger partial charge in [0.25, 0.3) is 0 Å². The van der Waals surface area contributed by atoms with Gasteiger partial charge in [-0.15, -0.1) is 24.0 Å². The quantitative estimate of drug-likeness (QED) is 0.286. The number of aromatic nitrogens is 1. The van der Waals surface area contributed by atoms with Crippen molar-refractivity contribution >= 4 is 35.6 Å². The highest BCUT2D eigenvalue weighted by Gasteiger charge is 2.23. The third-order valence-electron chi connectivity index (χ3n) is 5.75. The molecule has 0 amide bonds. The van der Waals surface area contributed by atoms with Crippen LogP contribution < -0.4 is 15.5 Å². The van der Waals surface area contributed by atoms with E-state index in [9.17, 15) is 8.78 Å². The summed E-state index contributed by atoms with van der Waals surface area (Å²) in [4.78, 5) is 6.35. The Labute approximate surface area is 199 Å². The second kappa shape index (κ2) is 12.2. The Morgan fingerprint density at radius 2 is 2.00 bits per heavy atom. The highest BCUT2D eigenvalue weighted by atomic mass is 127. The third-order valence-corrected chi connectivity index (χ3v) is 5.75. The lowest BCUT2D eigenvalue weighted by Gasteiger charge is -2.19. The molecule has 1 saturated heterocycles. The van der Waals surface area contributed by atoms with Crippen molar-refractivity contribution in [3.63, 3.8) is 0 Å². The minimum absolute atomic E-state index is 0. The van der Waals surface area contributed by atoms with Gasteiger partial charge in [0.2, 0.25) is 0 Å². The standard InChI is InChI=1S/C22H31F2N5O.HI/c1-4-16(5-2)21-11-18(30-28-21)13-27-22(25-3)26-12-15-8-9-29(14-15)17-6-7-19(23)20(24)10-17;/h6-7,10-11,15-16H,4-5,8-9,12-14H2,1-3H3,(H2,25,26,27);1H. The van der Waals surface area contributed by atoms with Gasteiger partial charge in [-0.25, -0.2) is 8.78 Å². The van der Waals surface area contributed by atoms with E-state index < -0.39 is 11.6 Å². The predicted molar refractivity (Wildman–Crippen MR) is 130 cm³/mol. The summed E-state index contributed by atoms with van der Waals surface area (Å²) >= 11 is 0. The summed E-state index contributed by atoms with van der Waals surface area (Å²) in [6.07, 6.45) is 3.06. The highest BCUT2D eigenvalue weighted by Crippen LogP contribution is 2.25. The summed E-state index contributed by atoms with van der Waals surface area (Å²) in [5, 5.41) is 10.8. The first-order chi connectivity index (χ1) is 14.5. The maximum Gasteiger partial charge on any atom is 0.191 e. The first-order valence-corrected chi connectivity index (χ1v) is 10.6. The number of guanidine groups is 1. The highest BCUT2D eigenvalue weighted by molar-refractivity contribution is 14.0. The zero-order chi connectivity index (χ0) is 21.5. The van der Waals surface area contributed by atoms with E-state index in [1.165, 1.54) is 12.1 Å². The number of anilines is 1. The fraction of sp³-hybridized carbons (Fsp3) is 0.545. The summed E-state index contributed by atoms with van der Waals surface area (Å²) in [6.45, 7) is 7.18. The third kappa shape index (κ3) is 6.78. The van der Waals surface area contributed by atoms with E-state index in [1.54, 1.807) is 13.1 Å². The summed E-state index contributed by atoms with van der Waals surface area (Å²) in [5.74, 6) is 0.679. The van der Waals surface area contributed by atoms with Crippen molar-refractivity contribution in [1.82, 2.24) is 15.8 Å². The van der Waals surface area contributed by atoms with Crippen molar-refractivity contribution in [2.24, 2.45) is 10.9 Å². The smallest absolute Gasteiger partial charge is 0.191 e. The molecule has 1 aromatic heterocycles. The molecular weight excluding hydrogens is 515 g/mol. The van der Waals surface area contributed by atoms with Gasteiger partial charge in [-0.3, -0.25) is 4.99 Å². The van der Waals surface area contributed by atoms with Gasteiger partial charge in [0.05, 0.1) is 12.2 Å². The molecule has 0 spiro atoms. The maximum atomic E-state index is 13.5. The average molecular weight is 547 g/mol. The summed E-state index contributed by atoms with van der Waals surface area (Å²) in [7, 11) is 1.73. The molecule has 2 aromatic rings. The van der Waals surface area contributed by atoms with E-state index in [2.05, 4.69) is 39.5 Å². The van der Waals surface area contributed by atoms with Crippen LogP contribution in [0, 0.1) is 17.6 Å². The lowest BCUT2D eigenvalue weighted by Crippen LogP contribution is -2.39. The molecule has 1 aliphatic rings. The van der Waals surface area contributed by atoms with Gasteiger partial charge in [0.1, 0.15) is 0 Å². The summed E-state index contributed by atoms with van der Waals surface area (Å²) in [6, 6.07) is 6.08. The van der Waals surface area contributed by atoms with Gasteiger partial charge >= 0.3 is 0 Å². The van der Waals surface area contributed by atoms with E-state index in [1.807, 2.05) is 6.07 Å². The van der Waals surface area contributed by atoms with Gasteiger partial charge in [-0.1, -0.05) is 19.0 Å². The number of nitrogens with one attached hydrogen (secondary N) is 2. The van der Waals surface area contributed by atoms with Gasteiger partial charge in [0.15, 0.2) is 23.4 Å². The SMILES string of the molecule is CCC(CC)c1cc(CNC(=NC)NCC2CCN(c3ccc(F)c(F)c3)C2)on1.I. The van der Waals surface area contributed by atoms with Crippen LogP contribution in [-0.2, 0) is 6.54 Å². The normalized spacial score (nSPS) is 16.5. The van der Waals surface area contributed by atoms with Crippen molar-refractivity contribution in [1.29, 1.82) is 0 Å². The molecule has 3 rings (SSSR count). The molecule has 6 nitrogen and oxygen atoms in total. The van der Waals surface area contributed by atoms with Crippen molar-refractivity contribution < 1.29 is 13.3 Å². The Morgan fingerprint density at radius 3 is 2.68 bits per heavy atom. The van der Waals surface area contributed by atoms with Gasteiger partial charge in [-0.05, 0) is 37.3 Å². The zero-order valence-electron chi connectivity index (χ0n) is 18.3. The van der Waals surface area contributed by atoms with E-state index in [0.29, 0.717) is 24.3 Å². The first-order valence-electron chi connectivity index (χ1n) is 10.6. The molecule has 31 heavy (non-hydrogen) atoms. The van der Waals surface area contributed by atoms with Crippen LogP contribution in [0.2, 0.25) is 0 Å². The van der Waals surface area contributed by atoms with Crippen LogP contribution in [-0.4, -0.2) is 37.8 Å². The monoisotopic (exact) mass is 547 g/mol. The molecule has 9 heteroatoms. The lowest BCUT2D eigenvalue weighted by atomic mass is 9.99. The molecule has 2 N–H and O–H groups in total. The van der Waals surface area contributed by atoms with Crippen LogP contribution >= 0.6 is 24.0 Å². The van der Waals surface area contributed by atoms with E-state index in [4.69, 9.17) is 4.52 Å². The van der Waals surface area contributed by atoms with Gasteiger partial charge < -0.3 is 20.1 Å². The van der Waals surface area contributed by atoms with Crippen molar-refractivity contribution in [3.05, 3.63) is 47.4 Å². The molecule has 1 unspecified atom stereocenters. The van der Waals surface area contributed by atoms with Crippen LogP contribution in [0.15, 0.2) is 33.8 Å². The van der Waals surface area contributed by atoms with Crippen molar-refractivity contribution in [2.75, 3.05) is 31.6 Å². The minimum atomic E-state index is -0.815. The van der Waals surface area contributed by atoms with Crippen LogP contribution in [0.4, 0.5) is 14.5 Å². The second-order valence-corrected chi connectivity index (χ2v) is 7.74. The van der Waals surface area contributed by atoms with Crippen molar-refractivity contribution in [3.8, 4) is 0 Å². The topological polar surface area (TPSA) is 65.7 Å². The number of aliphatic imine (C=N–C) groups is 1. The Bertz CT molecular complexity index is 856. The van der Waals surface area contributed by atoms with E-state index in [-0.39, 0.29) is 24.0 Å². The molecule has 172 valence electrons. The molecule has 1 aromatic carbocycles. The molecule has 0 bridgehead atoms. The van der Waals surface area contributed by atoms with Gasteiger partial charge in [-0.2, -0.15) is 0 Å². The van der Waals surface area contributed by atoms with E-state index in [0.717, 1.165) is 56.0 Å². The molecule has 2 heterocycles. The number of hydrogen-bond donors (Lipinski definition) is 2. The molecule has 1 fully saturated rings. The largest absolute Gasteiger partial charge is 0.371 e. The molecule has 1 aliphatic heterocycles. The Morgan fingerprint density at radius 1 is 1.23 bits per heavy atom. The summed E-state index contributed by atoms with van der Waals surface area (Å²) < 4.78 is 32.1. The zero-order valence-corrected chi connectivity index (χ0v) is 20.7. The molecular formula is C22H32F2IN5O. The number of benzene rings is 1. The maximum absolute atomic E-state index is 13.5. The first kappa shape index (κ1) is 25.4. The minimum Gasteiger partial charge on any atom is -0.371 e. The fourth-order valence-corrected chi connectivity index (χ4v) is 3.86. The van der Waals surface area contributed by atoms with Crippen LogP contribution in [0.1, 0.15) is 50.5 Å². The van der Waals surface area contributed by atoms with E-state index >= 15 is 0 Å². The summed E-state index contributed by atoms with van der Waals surface area (Å²) in [5.41, 5.74) is 1.72. The predicted octanol–water partition coefficient (Wildman–Crippen LogP) is 4.67. The number of rotatable bonds is 8. The number of nitrogens with zero attached hydrogens (tertiary/aromatic N) is 3. The molecule has 0 radical (unpaired) electrons. The Kier molecular flexibility index (Phi) is 9.98. The number of halogens is 3. The molecule has 1 atom stereocenters. The lowest BCUT2D eigenvalue weighted by molar-refractivity contribution is 0.368. The molecule has 0 saturated carbocycles. The van der Waals surface area contributed by atoms with Crippen LogP contribution in [0.25, 0.3) is 0 Å². The number of hydrogen-bond acceptors (Lipinski definition) is 4. The van der Waals surface area contributed by atoms with Crippen molar-refractivity contribution in [2.45, 2.75) is 45.6 Å². The Balaban J connectivity index is 0.00000341.